The van der Waals surface area contributed by atoms with Crippen molar-refractivity contribution in [2.75, 3.05) is 39.8 Å². The number of hydrogen-bond acceptors (Lipinski definition) is 3. The van der Waals surface area contributed by atoms with E-state index in [1.165, 1.54) is 0 Å². The van der Waals surface area contributed by atoms with Gasteiger partial charge in [0.05, 0.1) is 12.0 Å². The zero-order valence-corrected chi connectivity index (χ0v) is 17.6. The number of hydrogen-bond donors (Lipinski definition) is 3. The molecule has 0 radical (unpaired) electrons. The van der Waals surface area contributed by atoms with Crippen molar-refractivity contribution in [3.05, 3.63) is 0 Å². The van der Waals surface area contributed by atoms with Crippen LogP contribution in [0.25, 0.3) is 0 Å². The van der Waals surface area contributed by atoms with Gasteiger partial charge in [-0.1, -0.05) is 0 Å². The zero-order chi connectivity index (χ0) is 17.3. The SMILES string of the molecule is CCNC(=NCC(C)(C)C(=O)NC)NCCCN1CCCC1=O.I. The van der Waals surface area contributed by atoms with E-state index in [0.717, 1.165) is 39.0 Å². The lowest BCUT2D eigenvalue weighted by Gasteiger charge is -2.21. The molecule has 0 atom stereocenters. The van der Waals surface area contributed by atoms with E-state index < -0.39 is 5.41 Å². The lowest BCUT2D eigenvalue weighted by atomic mass is 9.93. The van der Waals surface area contributed by atoms with Gasteiger partial charge >= 0.3 is 0 Å². The van der Waals surface area contributed by atoms with Crippen molar-refractivity contribution in [3.8, 4) is 0 Å². The minimum Gasteiger partial charge on any atom is -0.359 e. The highest BCUT2D eigenvalue weighted by molar-refractivity contribution is 14.0. The van der Waals surface area contributed by atoms with Crippen molar-refractivity contribution >= 4 is 41.8 Å². The van der Waals surface area contributed by atoms with Gasteiger partial charge < -0.3 is 20.9 Å². The number of nitrogens with one attached hydrogen (secondary N) is 3. The Morgan fingerprint density at radius 2 is 2.04 bits per heavy atom. The summed E-state index contributed by atoms with van der Waals surface area (Å²) in [6.45, 7) is 9.33. The van der Waals surface area contributed by atoms with Gasteiger partial charge in [0.25, 0.3) is 0 Å². The third-order valence-electron chi connectivity index (χ3n) is 3.89. The van der Waals surface area contributed by atoms with Crippen molar-refractivity contribution in [2.24, 2.45) is 10.4 Å². The number of amides is 2. The highest BCUT2D eigenvalue weighted by Gasteiger charge is 2.26. The van der Waals surface area contributed by atoms with Gasteiger partial charge in [-0.15, -0.1) is 24.0 Å². The average Bonchev–Trinajstić information content (AvgIpc) is 2.93. The van der Waals surface area contributed by atoms with Crippen LogP contribution in [0.2, 0.25) is 0 Å². The second kappa shape index (κ2) is 11.5. The van der Waals surface area contributed by atoms with Crippen LogP contribution in [-0.4, -0.2) is 62.4 Å². The summed E-state index contributed by atoms with van der Waals surface area (Å²) in [4.78, 5) is 29.7. The molecule has 1 aliphatic rings. The summed E-state index contributed by atoms with van der Waals surface area (Å²) in [5, 5.41) is 9.10. The van der Waals surface area contributed by atoms with Gasteiger partial charge in [0, 0.05) is 39.6 Å². The smallest absolute Gasteiger partial charge is 0.227 e. The summed E-state index contributed by atoms with van der Waals surface area (Å²) in [7, 11) is 1.64. The molecule has 0 aromatic carbocycles. The number of guanidine groups is 1. The topological polar surface area (TPSA) is 85.8 Å². The molecule has 1 rings (SSSR count). The molecule has 2 amide bonds. The first-order chi connectivity index (χ1) is 10.9. The van der Waals surface area contributed by atoms with Crippen molar-refractivity contribution in [1.82, 2.24) is 20.9 Å². The van der Waals surface area contributed by atoms with Crippen LogP contribution >= 0.6 is 24.0 Å². The first kappa shape index (κ1) is 22.9. The van der Waals surface area contributed by atoms with Crippen molar-refractivity contribution in [3.63, 3.8) is 0 Å². The van der Waals surface area contributed by atoms with Crippen LogP contribution in [0, 0.1) is 5.41 Å². The molecule has 24 heavy (non-hydrogen) atoms. The Bertz CT molecular complexity index is 440. The Morgan fingerprint density at radius 3 is 2.58 bits per heavy atom. The summed E-state index contributed by atoms with van der Waals surface area (Å²) >= 11 is 0. The number of carbonyl (C=O) groups is 2. The number of likely N-dealkylation sites (tertiary alicyclic amines) is 1. The molecule has 0 bridgehead atoms. The minimum absolute atomic E-state index is 0. The van der Waals surface area contributed by atoms with Gasteiger partial charge in [-0.3, -0.25) is 14.6 Å². The fourth-order valence-electron chi connectivity index (χ4n) is 2.45. The summed E-state index contributed by atoms with van der Waals surface area (Å²) in [5.41, 5.74) is -0.543. The summed E-state index contributed by atoms with van der Waals surface area (Å²) in [5.74, 6) is 0.944. The molecule has 1 aliphatic heterocycles. The summed E-state index contributed by atoms with van der Waals surface area (Å²) in [6, 6.07) is 0. The Hall–Kier alpha value is -1.06. The van der Waals surface area contributed by atoms with Crippen LogP contribution in [0.5, 0.6) is 0 Å². The first-order valence-electron chi connectivity index (χ1n) is 8.43. The monoisotopic (exact) mass is 453 g/mol. The number of nitrogens with zero attached hydrogens (tertiary/aromatic N) is 2. The molecule has 140 valence electrons. The van der Waals surface area contributed by atoms with E-state index in [9.17, 15) is 9.59 Å². The Labute approximate surface area is 162 Å². The maximum Gasteiger partial charge on any atom is 0.227 e. The Kier molecular flexibility index (Phi) is 11.0. The van der Waals surface area contributed by atoms with E-state index in [1.807, 2.05) is 25.7 Å². The number of halogens is 1. The predicted molar refractivity (Wildman–Crippen MR) is 108 cm³/mol. The number of aliphatic imine (C=N–C) groups is 1. The third-order valence-corrected chi connectivity index (χ3v) is 3.89. The number of rotatable bonds is 8. The van der Waals surface area contributed by atoms with Crippen LogP contribution in [0.15, 0.2) is 4.99 Å². The van der Waals surface area contributed by atoms with E-state index in [0.29, 0.717) is 18.9 Å². The Balaban J connectivity index is 0.00000529. The van der Waals surface area contributed by atoms with Gasteiger partial charge in [-0.05, 0) is 33.6 Å². The lowest BCUT2D eigenvalue weighted by molar-refractivity contribution is -0.128. The molecule has 1 heterocycles. The zero-order valence-electron chi connectivity index (χ0n) is 15.3. The normalized spacial score (nSPS) is 15.1. The largest absolute Gasteiger partial charge is 0.359 e. The molecular weight excluding hydrogens is 421 g/mol. The van der Waals surface area contributed by atoms with Crippen LogP contribution in [-0.2, 0) is 9.59 Å². The average molecular weight is 453 g/mol. The molecule has 0 spiro atoms. The summed E-state index contributed by atoms with van der Waals surface area (Å²) < 4.78 is 0. The molecule has 1 fully saturated rings. The van der Waals surface area contributed by atoms with E-state index in [4.69, 9.17) is 0 Å². The predicted octanol–water partition coefficient (Wildman–Crippen LogP) is 0.944. The van der Waals surface area contributed by atoms with Crippen molar-refractivity contribution in [2.45, 2.75) is 40.0 Å². The molecule has 0 aromatic heterocycles. The number of carbonyl (C=O) groups excluding carboxylic acids is 2. The second-order valence-corrected chi connectivity index (χ2v) is 6.42. The molecule has 7 nitrogen and oxygen atoms in total. The van der Waals surface area contributed by atoms with Crippen LogP contribution in [0.1, 0.15) is 40.0 Å². The van der Waals surface area contributed by atoms with Gasteiger partial charge in [-0.2, -0.15) is 0 Å². The Morgan fingerprint density at radius 1 is 1.33 bits per heavy atom. The van der Waals surface area contributed by atoms with Crippen molar-refractivity contribution < 1.29 is 9.59 Å². The molecule has 0 aromatic rings. The summed E-state index contributed by atoms with van der Waals surface area (Å²) in [6.07, 6.45) is 2.55. The molecule has 8 heteroatoms. The molecule has 3 N–H and O–H groups in total. The van der Waals surface area contributed by atoms with Gasteiger partial charge in [0.1, 0.15) is 0 Å². The minimum atomic E-state index is -0.543. The van der Waals surface area contributed by atoms with Crippen LogP contribution < -0.4 is 16.0 Å². The van der Waals surface area contributed by atoms with Crippen LogP contribution in [0.3, 0.4) is 0 Å². The third kappa shape index (κ3) is 7.67. The lowest BCUT2D eigenvalue weighted by Crippen LogP contribution is -2.41. The maximum atomic E-state index is 11.8. The highest BCUT2D eigenvalue weighted by Crippen LogP contribution is 2.15. The maximum absolute atomic E-state index is 11.8. The molecule has 1 saturated heterocycles. The molecular formula is C16H32IN5O2. The van der Waals surface area contributed by atoms with E-state index >= 15 is 0 Å². The highest BCUT2D eigenvalue weighted by atomic mass is 127. The molecule has 0 aliphatic carbocycles. The van der Waals surface area contributed by atoms with Crippen molar-refractivity contribution in [1.29, 1.82) is 0 Å². The van der Waals surface area contributed by atoms with E-state index in [-0.39, 0.29) is 35.8 Å². The van der Waals surface area contributed by atoms with Gasteiger partial charge in [-0.25, -0.2) is 0 Å². The van der Waals surface area contributed by atoms with Gasteiger partial charge in [0.15, 0.2) is 5.96 Å². The van der Waals surface area contributed by atoms with E-state index in [1.54, 1.807) is 7.05 Å². The fourth-order valence-corrected chi connectivity index (χ4v) is 2.45. The second-order valence-electron chi connectivity index (χ2n) is 6.42. The molecule has 0 saturated carbocycles. The molecule has 0 unspecified atom stereocenters. The first-order valence-corrected chi connectivity index (χ1v) is 8.43. The quantitative estimate of drug-likeness (QED) is 0.221. The standard InChI is InChI=1S/C16H31N5O2.HI/c1-5-18-15(20-12-16(2,3)14(23)17-4)19-9-7-11-21-10-6-8-13(21)22;/h5-12H2,1-4H3,(H,17,23)(H2,18,19,20);1H. The van der Waals surface area contributed by atoms with Gasteiger partial charge in [0.2, 0.25) is 11.8 Å². The van der Waals surface area contributed by atoms with Crippen LogP contribution in [0.4, 0.5) is 0 Å². The fraction of sp³-hybridized carbons (Fsp3) is 0.812. The van der Waals surface area contributed by atoms with E-state index in [2.05, 4.69) is 20.9 Å².